The van der Waals surface area contributed by atoms with Crippen molar-refractivity contribution >= 4 is 5.91 Å². The first-order chi connectivity index (χ1) is 14.3. The van der Waals surface area contributed by atoms with Gasteiger partial charge in [-0.05, 0) is 36.2 Å². The molecule has 0 N–H and O–H groups in total. The van der Waals surface area contributed by atoms with Crippen molar-refractivity contribution in [3.63, 3.8) is 0 Å². The van der Waals surface area contributed by atoms with Crippen molar-refractivity contribution in [2.45, 2.75) is 19.6 Å². The first kappa shape index (κ1) is 22.0. The Labute approximate surface area is 174 Å². The number of ether oxygens (including phenoxy) is 2. The van der Waals surface area contributed by atoms with Gasteiger partial charge in [-0.2, -0.15) is 13.2 Å². The Hall–Kier alpha value is -2.74. The summed E-state index contributed by atoms with van der Waals surface area (Å²) < 4.78 is 49.5. The number of rotatable bonds is 6. The summed E-state index contributed by atoms with van der Waals surface area (Å²) in [5, 5.41) is 0. The van der Waals surface area contributed by atoms with E-state index in [4.69, 9.17) is 9.47 Å². The summed E-state index contributed by atoms with van der Waals surface area (Å²) >= 11 is 0. The van der Waals surface area contributed by atoms with Crippen LogP contribution in [0.5, 0.6) is 11.5 Å². The van der Waals surface area contributed by atoms with Gasteiger partial charge < -0.3 is 14.4 Å². The quantitative estimate of drug-likeness (QED) is 0.711. The van der Waals surface area contributed by atoms with E-state index in [2.05, 4.69) is 0 Å². The van der Waals surface area contributed by atoms with Crippen LogP contribution >= 0.6 is 0 Å². The van der Waals surface area contributed by atoms with Gasteiger partial charge in [-0.15, -0.1) is 0 Å². The van der Waals surface area contributed by atoms with Crippen LogP contribution in [0.4, 0.5) is 13.2 Å². The minimum Gasteiger partial charge on any atom is -0.493 e. The minimum atomic E-state index is -4.35. The first-order valence-electron chi connectivity index (χ1n) is 9.70. The zero-order chi connectivity index (χ0) is 21.7. The fraction of sp³-hybridized carbons (Fsp3) is 0.409. The molecule has 3 rings (SSSR count). The molecule has 0 spiro atoms. The molecule has 0 atom stereocenters. The van der Waals surface area contributed by atoms with Crippen LogP contribution in [0.25, 0.3) is 0 Å². The van der Waals surface area contributed by atoms with Gasteiger partial charge in [0, 0.05) is 32.7 Å². The molecule has 2 aromatic rings. The molecule has 1 heterocycles. The summed E-state index contributed by atoms with van der Waals surface area (Å²) in [5.41, 5.74) is 0.999. The third kappa shape index (κ3) is 5.66. The zero-order valence-corrected chi connectivity index (χ0v) is 17.0. The largest absolute Gasteiger partial charge is 0.493 e. The monoisotopic (exact) mass is 422 g/mol. The molecule has 1 aliphatic rings. The van der Waals surface area contributed by atoms with E-state index >= 15 is 0 Å². The van der Waals surface area contributed by atoms with E-state index in [1.165, 1.54) is 12.1 Å². The maximum Gasteiger partial charge on any atom is 0.416 e. The standard InChI is InChI=1S/C22H25F3N2O3/c1-16-6-7-19(20(12-16)29-2)30-15-21(28)27-10-8-26(9-11-27)14-17-4-3-5-18(13-17)22(23,24)25/h3-7,12-13H,8-11,14-15H2,1-2H3. The average molecular weight is 422 g/mol. The SMILES string of the molecule is COc1cc(C)ccc1OCC(=O)N1CCN(Cc2cccc(C(F)(F)F)c2)CC1. The van der Waals surface area contributed by atoms with Gasteiger partial charge >= 0.3 is 6.18 Å². The number of halogens is 3. The number of amides is 1. The van der Waals surface area contributed by atoms with Crippen LogP contribution in [-0.4, -0.2) is 55.6 Å². The second-order valence-electron chi connectivity index (χ2n) is 7.30. The number of hydrogen-bond acceptors (Lipinski definition) is 4. The van der Waals surface area contributed by atoms with Gasteiger partial charge in [-0.25, -0.2) is 0 Å². The molecule has 5 nitrogen and oxygen atoms in total. The van der Waals surface area contributed by atoms with E-state index in [9.17, 15) is 18.0 Å². The smallest absolute Gasteiger partial charge is 0.416 e. The molecule has 1 aliphatic heterocycles. The van der Waals surface area contributed by atoms with E-state index in [1.807, 2.05) is 24.0 Å². The number of carbonyl (C=O) groups is 1. The highest BCUT2D eigenvalue weighted by atomic mass is 19.4. The Kier molecular flexibility index (Phi) is 6.87. The second kappa shape index (κ2) is 9.38. The summed E-state index contributed by atoms with van der Waals surface area (Å²) in [6.45, 7) is 4.47. The van der Waals surface area contributed by atoms with Crippen molar-refractivity contribution in [1.82, 2.24) is 9.80 Å². The summed E-state index contributed by atoms with van der Waals surface area (Å²) in [6, 6.07) is 10.9. The van der Waals surface area contributed by atoms with E-state index in [-0.39, 0.29) is 12.5 Å². The normalized spacial score (nSPS) is 15.2. The highest BCUT2D eigenvalue weighted by Gasteiger charge is 2.30. The zero-order valence-electron chi connectivity index (χ0n) is 17.0. The Morgan fingerprint density at radius 3 is 2.43 bits per heavy atom. The number of aryl methyl sites for hydroxylation is 1. The molecule has 30 heavy (non-hydrogen) atoms. The van der Waals surface area contributed by atoms with Gasteiger partial charge in [0.15, 0.2) is 18.1 Å². The topological polar surface area (TPSA) is 42.0 Å². The van der Waals surface area contributed by atoms with Crippen LogP contribution in [0.1, 0.15) is 16.7 Å². The number of piperazine rings is 1. The third-order valence-corrected chi connectivity index (χ3v) is 5.06. The Balaban J connectivity index is 1.49. The van der Waals surface area contributed by atoms with Crippen molar-refractivity contribution in [1.29, 1.82) is 0 Å². The summed E-state index contributed by atoms with van der Waals surface area (Å²) in [5.74, 6) is 0.963. The van der Waals surface area contributed by atoms with Crippen LogP contribution in [0.15, 0.2) is 42.5 Å². The van der Waals surface area contributed by atoms with Gasteiger partial charge in [0.05, 0.1) is 12.7 Å². The second-order valence-corrected chi connectivity index (χ2v) is 7.30. The molecule has 0 radical (unpaired) electrons. The molecule has 0 unspecified atom stereocenters. The molecule has 162 valence electrons. The molecule has 0 aromatic heterocycles. The molecule has 8 heteroatoms. The number of nitrogens with zero attached hydrogens (tertiary/aromatic N) is 2. The molecule has 0 aliphatic carbocycles. The maximum absolute atomic E-state index is 12.9. The van der Waals surface area contributed by atoms with Crippen molar-refractivity contribution < 1.29 is 27.4 Å². The number of hydrogen-bond donors (Lipinski definition) is 0. The predicted molar refractivity (Wildman–Crippen MR) is 107 cm³/mol. The molecular weight excluding hydrogens is 397 g/mol. The summed E-state index contributed by atoms with van der Waals surface area (Å²) in [7, 11) is 1.55. The fourth-order valence-electron chi connectivity index (χ4n) is 3.38. The number of alkyl halides is 3. The molecule has 1 saturated heterocycles. The minimum absolute atomic E-state index is 0.0902. The van der Waals surface area contributed by atoms with Gasteiger partial charge in [0.25, 0.3) is 5.91 Å². The van der Waals surface area contributed by atoms with E-state index < -0.39 is 11.7 Å². The van der Waals surface area contributed by atoms with Crippen molar-refractivity contribution in [3.8, 4) is 11.5 Å². The molecule has 0 saturated carbocycles. The van der Waals surface area contributed by atoms with Crippen LogP contribution in [0.2, 0.25) is 0 Å². The average Bonchev–Trinajstić information content (AvgIpc) is 2.72. The number of benzene rings is 2. The lowest BCUT2D eigenvalue weighted by Gasteiger charge is -2.34. The lowest BCUT2D eigenvalue weighted by atomic mass is 10.1. The fourth-order valence-corrected chi connectivity index (χ4v) is 3.38. The Bertz CT molecular complexity index is 878. The molecule has 0 bridgehead atoms. The molecule has 2 aromatic carbocycles. The molecule has 1 fully saturated rings. The lowest BCUT2D eigenvalue weighted by Crippen LogP contribution is -2.49. The van der Waals surface area contributed by atoms with Gasteiger partial charge in [0.2, 0.25) is 0 Å². The highest BCUT2D eigenvalue weighted by molar-refractivity contribution is 5.78. The predicted octanol–water partition coefficient (Wildman–Crippen LogP) is 3.75. The highest BCUT2D eigenvalue weighted by Crippen LogP contribution is 2.30. The lowest BCUT2D eigenvalue weighted by molar-refractivity contribution is -0.138. The number of carbonyl (C=O) groups excluding carboxylic acids is 1. The third-order valence-electron chi connectivity index (χ3n) is 5.06. The van der Waals surface area contributed by atoms with Crippen molar-refractivity contribution in [2.24, 2.45) is 0 Å². The van der Waals surface area contributed by atoms with Crippen LogP contribution in [0.3, 0.4) is 0 Å². The van der Waals surface area contributed by atoms with Crippen LogP contribution in [0, 0.1) is 6.92 Å². The molecular formula is C22H25F3N2O3. The Morgan fingerprint density at radius 1 is 1.03 bits per heavy atom. The summed E-state index contributed by atoms with van der Waals surface area (Å²) in [4.78, 5) is 16.2. The summed E-state index contributed by atoms with van der Waals surface area (Å²) in [6.07, 6.45) is -4.35. The van der Waals surface area contributed by atoms with Gasteiger partial charge in [-0.3, -0.25) is 9.69 Å². The molecule has 1 amide bonds. The Morgan fingerprint density at radius 2 is 1.77 bits per heavy atom. The van der Waals surface area contributed by atoms with E-state index in [0.717, 1.165) is 11.6 Å². The van der Waals surface area contributed by atoms with Crippen molar-refractivity contribution in [2.75, 3.05) is 39.9 Å². The van der Waals surface area contributed by atoms with E-state index in [0.29, 0.717) is 49.8 Å². The first-order valence-corrected chi connectivity index (χ1v) is 9.70. The van der Waals surface area contributed by atoms with Crippen LogP contribution in [-0.2, 0) is 17.5 Å². The van der Waals surface area contributed by atoms with Gasteiger partial charge in [-0.1, -0.05) is 24.3 Å². The van der Waals surface area contributed by atoms with Gasteiger partial charge in [0.1, 0.15) is 0 Å². The van der Waals surface area contributed by atoms with Crippen molar-refractivity contribution in [3.05, 3.63) is 59.2 Å². The maximum atomic E-state index is 12.9. The van der Waals surface area contributed by atoms with Crippen LogP contribution < -0.4 is 9.47 Å². The van der Waals surface area contributed by atoms with E-state index in [1.54, 1.807) is 24.1 Å². The number of methoxy groups -OCH3 is 1.